The minimum Gasteiger partial charge on any atom is -0.454 e. The number of nitriles is 3. The first-order valence-corrected chi connectivity index (χ1v) is 48.3. The van der Waals surface area contributed by atoms with E-state index in [1.807, 2.05) is 187 Å². The third kappa shape index (κ3) is 15.0. The molecule has 19 aromatic carbocycles. The molecule has 28 aromatic rings. The lowest BCUT2D eigenvalue weighted by Gasteiger charge is -2.12. The summed E-state index contributed by atoms with van der Waals surface area (Å²) >= 11 is 1.86. The maximum atomic E-state index is 9.58. The standard InChI is InChI=1S/C47H28N4O.C41H24N4O.C41H24N4S/c48-29-30-10-9-15-35(26-30)42-28-41(32-13-5-2-6-14-32)49-47(50-42)33-18-21-36(22-19-33)51-43-25-20-34(31-11-3-1-4-12-31)27-40(43)38-23-24-39-37-16-7-8-17-44(37)52-46(39)45(38)51;2*42-25-26-9-8-12-29(23-26)36-24-35(27-10-2-1-3-11-27)43-41(44-36)28-17-19-30(20-18-28)45-37-15-6-4-13-31(37)33-21-22-34-32-14-5-7-16-38(32)46-40(34)39(33)45/h1-28H;2*1-24H. The van der Waals surface area contributed by atoms with Crippen LogP contribution in [0.1, 0.15) is 16.7 Å². The van der Waals surface area contributed by atoms with E-state index >= 15 is 0 Å². The van der Waals surface area contributed by atoms with Crippen molar-refractivity contribution in [2.24, 2.45) is 0 Å². The number of fused-ring (bicyclic) bond motifs is 21. The van der Waals surface area contributed by atoms with Crippen molar-refractivity contribution in [3.63, 3.8) is 0 Å². The lowest BCUT2D eigenvalue weighted by molar-refractivity contribution is 0.670. The molecule has 9 aromatic heterocycles. The van der Waals surface area contributed by atoms with Crippen LogP contribution < -0.4 is 0 Å². The average molecular weight is 1860 g/mol. The molecule has 0 amide bonds. The van der Waals surface area contributed by atoms with Crippen molar-refractivity contribution in [1.82, 2.24) is 43.6 Å². The van der Waals surface area contributed by atoms with Gasteiger partial charge in [0.15, 0.2) is 28.6 Å². The summed E-state index contributed by atoms with van der Waals surface area (Å²) in [6.07, 6.45) is 0. The van der Waals surface area contributed by atoms with Gasteiger partial charge in [0.05, 0.1) is 107 Å². The van der Waals surface area contributed by atoms with Gasteiger partial charge in [-0.3, -0.25) is 0 Å². The predicted molar refractivity (Wildman–Crippen MR) is 585 cm³/mol. The summed E-state index contributed by atoms with van der Waals surface area (Å²) in [5.41, 5.74) is 30.5. The van der Waals surface area contributed by atoms with E-state index in [4.69, 9.17) is 38.7 Å². The van der Waals surface area contributed by atoms with Gasteiger partial charge in [0.1, 0.15) is 11.2 Å². The Morgan fingerprint density at radius 3 is 0.917 bits per heavy atom. The maximum Gasteiger partial charge on any atom is 0.160 e. The molecule has 0 saturated heterocycles. The fraction of sp³-hybridized carbons (Fsp3) is 0. The first-order valence-electron chi connectivity index (χ1n) is 47.5. The number of hydrogen-bond acceptors (Lipinski definition) is 12. The van der Waals surface area contributed by atoms with Gasteiger partial charge in [-0.05, 0) is 193 Å². The van der Waals surface area contributed by atoms with Crippen LogP contribution in [0.2, 0.25) is 0 Å². The number of nitrogens with zero attached hydrogens (tertiary/aromatic N) is 12. The highest BCUT2D eigenvalue weighted by atomic mass is 32.1. The van der Waals surface area contributed by atoms with Gasteiger partial charge in [-0.15, -0.1) is 11.3 Å². The molecule has 9 heterocycles. The van der Waals surface area contributed by atoms with E-state index in [2.05, 4.69) is 305 Å². The van der Waals surface area contributed by atoms with Crippen LogP contribution in [0, 0.1) is 34.0 Å². The molecule has 0 fully saturated rings. The Labute approximate surface area is 829 Å². The Balaban J connectivity index is 0.000000110. The predicted octanol–water partition coefficient (Wildman–Crippen LogP) is 33.2. The molecule has 0 aliphatic carbocycles. The largest absolute Gasteiger partial charge is 0.454 e. The van der Waals surface area contributed by atoms with Crippen LogP contribution in [0.5, 0.6) is 0 Å². The minimum atomic E-state index is 0.587. The van der Waals surface area contributed by atoms with Gasteiger partial charge in [0.25, 0.3) is 0 Å². The molecule has 0 unspecified atom stereocenters. The molecule has 0 bridgehead atoms. The topological polar surface area (TPSA) is 190 Å². The van der Waals surface area contributed by atoms with E-state index in [9.17, 15) is 15.8 Å². The molecule has 14 nitrogen and oxygen atoms in total. The quantitative estimate of drug-likeness (QED) is 0.107. The van der Waals surface area contributed by atoms with Crippen molar-refractivity contribution in [3.05, 3.63) is 478 Å². The molecule has 0 aliphatic rings. The zero-order valence-electron chi connectivity index (χ0n) is 77.0. The highest BCUT2D eigenvalue weighted by molar-refractivity contribution is 7.26. The van der Waals surface area contributed by atoms with Gasteiger partial charge in [0, 0.05) is 136 Å². The van der Waals surface area contributed by atoms with E-state index in [-0.39, 0.29) is 0 Å². The zero-order valence-corrected chi connectivity index (χ0v) is 77.8. The number of furan rings is 2. The Hall–Kier alpha value is -19.9. The number of hydrogen-bond donors (Lipinski definition) is 0. The van der Waals surface area contributed by atoms with Gasteiger partial charge in [-0.2, -0.15) is 15.8 Å². The molecule has 28 rings (SSSR count). The van der Waals surface area contributed by atoms with Gasteiger partial charge in [-0.1, -0.05) is 279 Å². The highest BCUT2D eigenvalue weighted by Crippen LogP contribution is 2.48. The second kappa shape index (κ2) is 35.6. The van der Waals surface area contributed by atoms with E-state index in [1.165, 1.54) is 58.5 Å². The number of rotatable bonds is 13. The Morgan fingerprint density at radius 1 is 0.201 bits per heavy atom. The summed E-state index contributed by atoms with van der Waals surface area (Å²) in [5.74, 6) is 1.87. The molecule has 0 saturated carbocycles. The third-order valence-electron chi connectivity index (χ3n) is 27.1. The Kier molecular flexibility index (Phi) is 20.9. The van der Waals surface area contributed by atoms with Crippen LogP contribution in [0.15, 0.2) is 470 Å². The SMILES string of the molecule is N#Cc1cccc(-c2cc(-c3ccccc3)nc(-c3ccc(-n4c5ccc(-c6ccccc6)cc5c5ccc6c7ccccc7oc6c54)cc3)n2)c1.N#Cc1cccc(-c2cc(-c3ccccc3)nc(-c3ccc(-n4c5ccccc5c5ccc6c7ccccc7oc6c54)cc3)n2)c1.N#Cc1cccc(-c2cc(-c3ccccc3)nc(-c3ccc(-n4c5ccccc5c5ccc6c7ccccc7sc6c54)cc3)n2)c1. The van der Waals surface area contributed by atoms with Crippen LogP contribution in [0.25, 0.3) is 259 Å². The van der Waals surface area contributed by atoms with Crippen LogP contribution in [0.4, 0.5) is 0 Å². The molecule has 15 heteroatoms. The minimum absolute atomic E-state index is 0.587. The van der Waals surface area contributed by atoms with E-state index in [0.29, 0.717) is 34.2 Å². The van der Waals surface area contributed by atoms with Crippen molar-refractivity contribution in [2.45, 2.75) is 0 Å². The molecule has 0 atom stereocenters. The fourth-order valence-corrected chi connectivity index (χ4v) is 21.6. The fourth-order valence-electron chi connectivity index (χ4n) is 20.3. The number of para-hydroxylation sites is 4. The van der Waals surface area contributed by atoms with E-state index < -0.39 is 0 Å². The summed E-state index contributed by atoms with van der Waals surface area (Å²) in [4.78, 5) is 30.1. The third-order valence-corrected chi connectivity index (χ3v) is 28.3. The molecule has 0 radical (unpaired) electrons. The maximum absolute atomic E-state index is 9.58. The van der Waals surface area contributed by atoms with Crippen LogP contribution in [-0.4, -0.2) is 43.6 Å². The van der Waals surface area contributed by atoms with Crippen molar-refractivity contribution in [2.75, 3.05) is 0 Å². The lowest BCUT2D eigenvalue weighted by atomic mass is 10.0. The van der Waals surface area contributed by atoms with Crippen LogP contribution in [-0.2, 0) is 0 Å². The Morgan fingerprint density at radius 2 is 0.507 bits per heavy atom. The van der Waals surface area contributed by atoms with Crippen molar-refractivity contribution >= 4 is 141 Å². The molecule has 0 aliphatic heterocycles. The molecule has 0 N–H and O–H groups in total. The summed E-state index contributed by atoms with van der Waals surface area (Å²) in [5, 5.41) is 42.7. The highest BCUT2D eigenvalue weighted by Gasteiger charge is 2.26. The first-order chi connectivity index (χ1) is 71.2. The van der Waals surface area contributed by atoms with Crippen LogP contribution >= 0.6 is 11.3 Å². The lowest BCUT2D eigenvalue weighted by Crippen LogP contribution is -1.97. The molecular weight excluding hydrogens is 1780 g/mol. The zero-order chi connectivity index (χ0) is 95.8. The molecule has 144 heavy (non-hydrogen) atoms. The monoisotopic (exact) mass is 1860 g/mol. The van der Waals surface area contributed by atoms with Gasteiger partial charge in [-0.25, -0.2) is 29.9 Å². The van der Waals surface area contributed by atoms with Crippen LogP contribution in [0.3, 0.4) is 0 Å². The van der Waals surface area contributed by atoms with Crippen molar-refractivity contribution in [3.8, 4) is 148 Å². The molecule has 670 valence electrons. The van der Waals surface area contributed by atoms with Gasteiger partial charge in [0.2, 0.25) is 0 Å². The summed E-state index contributed by atoms with van der Waals surface area (Å²) in [6.45, 7) is 0. The van der Waals surface area contributed by atoms with E-state index in [1.54, 1.807) is 12.1 Å². The Bertz CT molecular complexity index is 9760. The number of thiophene rings is 1. The van der Waals surface area contributed by atoms with E-state index in [0.717, 1.165) is 183 Å². The smallest absolute Gasteiger partial charge is 0.160 e. The second-order valence-electron chi connectivity index (χ2n) is 35.7. The number of aromatic nitrogens is 9. The van der Waals surface area contributed by atoms with Crippen molar-refractivity contribution in [1.29, 1.82) is 15.8 Å². The van der Waals surface area contributed by atoms with Gasteiger partial charge < -0.3 is 22.5 Å². The normalized spacial score (nSPS) is 11.5. The van der Waals surface area contributed by atoms with Crippen molar-refractivity contribution < 1.29 is 8.83 Å². The molecule has 0 spiro atoms. The second-order valence-corrected chi connectivity index (χ2v) is 36.7. The summed E-state index contributed by atoms with van der Waals surface area (Å²) in [6, 6.07) is 164. The number of benzene rings is 19. The average Bonchev–Trinajstić information content (AvgIpc) is 1.57. The first kappa shape index (κ1) is 84.6. The van der Waals surface area contributed by atoms with Gasteiger partial charge >= 0.3 is 0 Å². The molecular formula is C129H76N12O2S. The summed E-state index contributed by atoms with van der Waals surface area (Å²) < 4.78 is 22.7. The summed E-state index contributed by atoms with van der Waals surface area (Å²) in [7, 11) is 0.